The first-order valence-electron chi connectivity index (χ1n) is 7.96. The van der Waals surface area contributed by atoms with Crippen LogP contribution in [0.5, 0.6) is 0 Å². The van der Waals surface area contributed by atoms with Crippen molar-refractivity contribution in [2.24, 2.45) is 0 Å². The highest BCUT2D eigenvalue weighted by Crippen LogP contribution is 2.29. The predicted octanol–water partition coefficient (Wildman–Crippen LogP) is 5.91. The molecule has 0 amide bonds. The van der Waals surface area contributed by atoms with Gasteiger partial charge in [-0.15, -0.1) is 0 Å². The number of aryl methyl sites for hydroxylation is 2. The van der Waals surface area contributed by atoms with E-state index in [0.717, 1.165) is 0 Å². The van der Waals surface area contributed by atoms with E-state index in [1.807, 2.05) is 0 Å². The predicted molar refractivity (Wildman–Crippen MR) is 98.2 cm³/mol. The second kappa shape index (κ2) is 5.44. The van der Waals surface area contributed by atoms with Crippen LogP contribution in [0.2, 0.25) is 0 Å². The van der Waals surface area contributed by atoms with Gasteiger partial charge in [-0.25, -0.2) is 0 Å². The fraction of sp³-hybridized carbons (Fsp3) is 0.0909. The Balaban J connectivity index is 1.87. The summed E-state index contributed by atoms with van der Waals surface area (Å²) in [6.07, 6.45) is 2.22. The lowest BCUT2D eigenvalue weighted by Crippen LogP contribution is -1.90. The van der Waals surface area contributed by atoms with Crippen molar-refractivity contribution in [1.29, 1.82) is 0 Å². The molecule has 0 bridgehead atoms. The van der Waals surface area contributed by atoms with Crippen LogP contribution in [0.25, 0.3) is 27.7 Å². The van der Waals surface area contributed by atoms with Crippen molar-refractivity contribution >= 4 is 10.9 Å². The fourth-order valence-electron chi connectivity index (χ4n) is 3.12. The van der Waals surface area contributed by atoms with Crippen molar-refractivity contribution in [3.8, 4) is 16.8 Å². The summed E-state index contributed by atoms with van der Waals surface area (Å²) < 4.78 is 2.27. The molecule has 112 valence electrons. The van der Waals surface area contributed by atoms with E-state index in [9.17, 15) is 0 Å². The van der Waals surface area contributed by atoms with Gasteiger partial charge in [0.05, 0.1) is 5.52 Å². The number of nitrogens with zero attached hydrogens (tertiary/aromatic N) is 1. The summed E-state index contributed by atoms with van der Waals surface area (Å²) in [6.45, 7) is 4.30. The van der Waals surface area contributed by atoms with Gasteiger partial charge in [0.1, 0.15) is 0 Å². The highest BCUT2D eigenvalue weighted by Gasteiger charge is 2.08. The van der Waals surface area contributed by atoms with Crippen LogP contribution in [-0.4, -0.2) is 4.57 Å². The Bertz CT molecular complexity index is 960. The van der Waals surface area contributed by atoms with Gasteiger partial charge in [-0.2, -0.15) is 0 Å². The summed E-state index contributed by atoms with van der Waals surface area (Å²) in [5.41, 5.74) is 7.59. The minimum Gasteiger partial charge on any atom is -0.316 e. The highest BCUT2D eigenvalue weighted by molar-refractivity contribution is 5.89. The lowest BCUT2D eigenvalue weighted by Gasteiger charge is -2.07. The van der Waals surface area contributed by atoms with Crippen molar-refractivity contribution in [3.05, 3.63) is 90.1 Å². The summed E-state index contributed by atoms with van der Waals surface area (Å²) >= 11 is 0. The third-order valence-corrected chi connectivity index (χ3v) is 4.42. The molecular weight excluding hydrogens is 278 g/mol. The molecule has 0 unspecified atom stereocenters. The molecule has 1 heterocycles. The molecule has 4 aromatic rings. The Morgan fingerprint density at radius 1 is 0.696 bits per heavy atom. The minimum atomic E-state index is 1.20. The molecule has 0 fully saturated rings. The smallest absolute Gasteiger partial charge is 0.0531 e. The minimum absolute atomic E-state index is 1.20. The summed E-state index contributed by atoms with van der Waals surface area (Å²) in [6, 6.07) is 26.0. The van der Waals surface area contributed by atoms with Gasteiger partial charge in [-0.1, -0.05) is 54.1 Å². The first-order chi connectivity index (χ1) is 11.2. The third-order valence-electron chi connectivity index (χ3n) is 4.42. The van der Waals surface area contributed by atoms with Crippen LogP contribution in [0, 0.1) is 13.8 Å². The number of para-hydroxylation sites is 1. The normalized spacial score (nSPS) is 11.0. The first kappa shape index (κ1) is 13.8. The molecule has 0 aliphatic carbocycles. The maximum Gasteiger partial charge on any atom is 0.0531 e. The molecule has 0 N–H and O–H groups in total. The quantitative estimate of drug-likeness (QED) is 0.433. The maximum absolute atomic E-state index is 2.30. The van der Waals surface area contributed by atoms with Gasteiger partial charge in [0, 0.05) is 17.3 Å². The van der Waals surface area contributed by atoms with E-state index in [0.29, 0.717) is 0 Å². The first-order valence-corrected chi connectivity index (χ1v) is 7.96. The molecule has 0 spiro atoms. The lowest BCUT2D eigenvalue weighted by atomic mass is 10.0. The Morgan fingerprint density at radius 3 is 2.13 bits per heavy atom. The van der Waals surface area contributed by atoms with Crippen LogP contribution in [0.15, 0.2) is 79.0 Å². The largest absolute Gasteiger partial charge is 0.316 e. The van der Waals surface area contributed by atoms with Crippen LogP contribution in [0.4, 0.5) is 0 Å². The number of hydrogen-bond donors (Lipinski definition) is 0. The van der Waals surface area contributed by atoms with Gasteiger partial charge in [0.15, 0.2) is 0 Å². The van der Waals surface area contributed by atoms with Crippen LogP contribution in [0.1, 0.15) is 11.1 Å². The van der Waals surface area contributed by atoms with Gasteiger partial charge in [0.2, 0.25) is 0 Å². The molecule has 3 aromatic carbocycles. The van der Waals surface area contributed by atoms with Gasteiger partial charge in [-0.05, 0) is 54.8 Å². The topological polar surface area (TPSA) is 4.93 Å². The number of fused-ring (bicyclic) bond motifs is 1. The molecule has 0 radical (unpaired) electrons. The number of hydrogen-bond acceptors (Lipinski definition) is 0. The average molecular weight is 297 g/mol. The summed E-state index contributed by atoms with van der Waals surface area (Å²) in [5.74, 6) is 0. The van der Waals surface area contributed by atoms with Crippen LogP contribution < -0.4 is 0 Å². The van der Waals surface area contributed by atoms with Gasteiger partial charge < -0.3 is 4.57 Å². The van der Waals surface area contributed by atoms with Crippen molar-refractivity contribution < 1.29 is 0 Å². The molecule has 1 aromatic heterocycles. The Kier molecular flexibility index (Phi) is 3.27. The molecule has 0 aliphatic heterocycles. The van der Waals surface area contributed by atoms with Gasteiger partial charge in [-0.3, -0.25) is 0 Å². The summed E-state index contributed by atoms with van der Waals surface area (Å²) in [5, 5.41) is 1.31. The Hall–Kier alpha value is -2.80. The summed E-state index contributed by atoms with van der Waals surface area (Å²) in [7, 11) is 0. The molecule has 0 saturated carbocycles. The number of benzene rings is 3. The van der Waals surface area contributed by atoms with Crippen LogP contribution in [-0.2, 0) is 0 Å². The van der Waals surface area contributed by atoms with E-state index in [1.165, 1.54) is 38.8 Å². The maximum atomic E-state index is 2.30. The molecule has 0 saturated heterocycles. The number of aromatic nitrogens is 1. The van der Waals surface area contributed by atoms with Crippen LogP contribution >= 0.6 is 0 Å². The van der Waals surface area contributed by atoms with E-state index in [4.69, 9.17) is 0 Å². The highest BCUT2D eigenvalue weighted by atomic mass is 15.0. The van der Waals surface area contributed by atoms with E-state index >= 15 is 0 Å². The van der Waals surface area contributed by atoms with E-state index in [-0.39, 0.29) is 0 Å². The van der Waals surface area contributed by atoms with Crippen molar-refractivity contribution in [1.82, 2.24) is 4.57 Å². The molecule has 1 nitrogen and oxygen atoms in total. The monoisotopic (exact) mass is 297 g/mol. The molecule has 23 heavy (non-hydrogen) atoms. The molecule has 0 aliphatic rings. The zero-order chi connectivity index (χ0) is 15.8. The van der Waals surface area contributed by atoms with E-state index in [2.05, 4.69) is 97.4 Å². The zero-order valence-electron chi connectivity index (χ0n) is 13.5. The van der Waals surface area contributed by atoms with Crippen molar-refractivity contribution in [3.63, 3.8) is 0 Å². The van der Waals surface area contributed by atoms with E-state index in [1.54, 1.807) is 0 Å². The zero-order valence-corrected chi connectivity index (χ0v) is 13.5. The lowest BCUT2D eigenvalue weighted by molar-refractivity contribution is 1.12. The molecule has 4 rings (SSSR count). The summed E-state index contributed by atoms with van der Waals surface area (Å²) in [4.78, 5) is 0. The molecule has 0 atom stereocenters. The second-order valence-electron chi connectivity index (χ2n) is 6.12. The Labute approximate surface area is 136 Å². The Morgan fingerprint density at radius 2 is 1.39 bits per heavy atom. The number of rotatable bonds is 2. The molecule has 1 heteroatoms. The fourth-order valence-corrected chi connectivity index (χ4v) is 3.12. The SMILES string of the molecule is Cc1ccc(-c2ccc3c(c2)c(C)cn3-c2ccccc2)cc1. The van der Waals surface area contributed by atoms with Gasteiger partial charge >= 0.3 is 0 Å². The molecular formula is C22H19N. The third kappa shape index (κ3) is 2.44. The van der Waals surface area contributed by atoms with Crippen molar-refractivity contribution in [2.45, 2.75) is 13.8 Å². The van der Waals surface area contributed by atoms with Crippen LogP contribution in [0.3, 0.4) is 0 Å². The van der Waals surface area contributed by atoms with E-state index < -0.39 is 0 Å². The standard InChI is InChI=1S/C22H19N/c1-16-8-10-18(11-9-16)19-12-13-22-21(14-19)17(2)15-23(22)20-6-4-3-5-7-20/h3-15H,1-2H3. The van der Waals surface area contributed by atoms with Gasteiger partial charge in [0.25, 0.3) is 0 Å². The second-order valence-corrected chi connectivity index (χ2v) is 6.12. The van der Waals surface area contributed by atoms with Crippen molar-refractivity contribution in [2.75, 3.05) is 0 Å². The average Bonchev–Trinajstić information content (AvgIpc) is 2.93.